The summed E-state index contributed by atoms with van der Waals surface area (Å²) in [6, 6.07) is 22.4. The van der Waals surface area contributed by atoms with Gasteiger partial charge < -0.3 is 21.3 Å². The normalized spacial score (nSPS) is 10.1. The molecule has 0 spiro atoms. The molecule has 0 aliphatic heterocycles. The van der Waals surface area contributed by atoms with E-state index in [-0.39, 0.29) is 0 Å². The Kier molecular flexibility index (Phi) is 7.06. The topological polar surface area (TPSA) is 48.1 Å². The number of thiocarbonyl (C=S) groups is 2. The second-order valence-electron chi connectivity index (χ2n) is 5.70. The first-order valence-corrected chi connectivity index (χ1v) is 9.83. The summed E-state index contributed by atoms with van der Waals surface area (Å²) in [5.41, 5.74) is 3.16. The highest BCUT2D eigenvalue weighted by molar-refractivity contribution is 7.81. The first kappa shape index (κ1) is 20.4. The molecular formula is C20H16Cl2N4S2. The second kappa shape index (κ2) is 9.71. The number of anilines is 4. The molecule has 0 radical (unpaired) electrons. The summed E-state index contributed by atoms with van der Waals surface area (Å²) in [6.07, 6.45) is 0. The Morgan fingerprint density at radius 2 is 0.893 bits per heavy atom. The lowest BCUT2D eigenvalue weighted by Gasteiger charge is -2.13. The van der Waals surface area contributed by atoms with Crippen LogP contribution >= 0.6 is 47.6 Å². The van der Waals surface area contributed by atoms with Crippen LogP contribution in [-0.4, -0.2) is 10.2 Å². The van der Waals surface area contributed by atoms with Crippen LogP contribution in [0.4, 0.5) is 22.7 Å². The van der Waals surface area contributed by atoms with Crippen LogP contribution in [0.1, 0.15) is 0 Å². The molecule has 0 saturated carbocycles. The van der Waals surface area contributed by atoms with Crippen LogP contribution in [0.3, 0.4) is 0 Å². The van der Waals surface area contributed by atoms with Crippen molar-refractivity contribution in [3.05, 3.63) is 82.8 Å². The third-order valence-corrected chi connectivity index (χ3v) is 4.71. The quantitative estimate of drug-likeness (QED) is 0.338. The molecule has 3 aromatic rings. The zero-order valence-electron chi connectivity index (χ0n) is 14.5. The molecule has 0 amide bonds. The SMILES string of the molecule is S=C(Nc1ccc(NC(=S)Nc2ccccc2Cl)cc1)Nc1ccccc1Cl. The maximum Gasteiger partial charge on any atom is 0.175 e. The van der Waals surface area contributed by atoms with Gasteiger partial charge in [0.15, 0.2) is 10.2 Å². The van der Waals surface area contributed by atoms with E-state index in [1.807, 2.05) is 60.7 Å². The summed E-state index contributed by atoms with van der Waals surface area (Å²) in [5, 5.41) is 14.5. The summed E-state index contributed by atoms with van der Waals surface area (Å²) < 4.78 is 0. The van der Waals surface area contributed by atoms with Gasteiger partial charge in [-0.05, 0) is 73.0 Å². The number of rotatable bonds is 4. The zero-order valence-corrected chi connectivity index (χ0v) is 17.6. The second-order valence-corrected chi connectivity index (χ2v) is 7.33. The molecule has 0 saturated heterocycles. The molecule has 0 fully saturated rings. The lowest BCUT2D eigenvalue weighted by molar-refractivity contribution is 1.57. The fourth-order valence-electron chi connectivity index (χ4n) is 2.33. The standard InChI is InChI=1S/C20H16Cl2N4S2/c21-15-5-1-3-7-17(15)25-19(27)23-13-9-11-14(12-10-13)24-20(28)26-18-8-4-2-6-16(18)22/h1-12H,(H2,23,25,27)(H2,24,26,28). The summed E-state index contributed by atoms with van der Waals surface area (Å²) >= 11 is 22.9. The molecule has 0 aliphatic carbocycles. The number of hydrogen-bond acceptors (Lipinski definition) is 2. The third kappa shape index (κ3) is 5.81. The van der Waals surface area contributed by atoms with E-state index in [1.165, 1.54) is 0 Å². The van der Waals surface area contributed by atoms with E-state index in [4.69, 9.17) is 47.6 Å². The highest BCUT2D eigenvalue weighted by Crippen LogP contribution is 2.22. The number of benzene rings is 3. The van der Waals surface area contributed by atoms with Crippen molar-refractivity contribution in [1.29, 1.82) is 0 Å². The molecule has 0 heterocycles. The van der Waals surface area contributed by atoms with Gasteiger partial charge in [-0.15, -0.1) is 0 Å². The minimum atomic E-state index is 0.449. The van der Waals surface area contributed by atoms with Crippen molar-refractivity contribution in [2.75, 3.05) is 21.3 Å². The Morgan fingerprint density at radius 1 is 0.536 bits per heavy atom. The summed E-state index contributed by atoms with van der Waals surface area (Å²) in [4.78, 5) is 0. The van der Waals surface area contributed by atoms with Gasteiger partial charge >= 0.3 is 0 Å². The number of halogens is 2. The molecule has 8 heteroatoms. The van der Waals surface area contributed by atoms with Crippen molar-refractivity contribution in [2.24, 2.45) is 0 Å². The van der Waals surface area contributed by atoms with Crippen molar-refractivity contribution in [3.63, 3.8) is 0 Å². The van der Waals surface area contributed by atoms with Gasteiger partial charge in [-0.2, -0.15) is 0 Å². The largest absolute Gasteiger partial charge is 0.332 e. The van der Waals surface area contributed by atoms with E-state index >= 15 is 0 Å². The van der Waals surface area contributed by atoms with Crippen molar-refractivity contribution >= 4 is 80.6 Å². The van der Waals surface area contributed by atoms with E-state index in [9.17, 15) is 0 Å². The Balaban J connectivity index is 1.54. The summed E-state index contributed by atoms with van der Waals surface area (Å²) in [7, 11) is 0. The maximum absolute atomic E-state index is 6.12. The van der Waals surface area contributed by atoms with E-state index in [0.29, 0.717) is 20.3 Å². The predicted molar refractivity (Wildman–Crippen MR) is 129 cm³/mol. The minimum absolute atomic E-state index is 0.449. The Morgan fingerprint density at radius 3 is 1.25 bits per heavy atom. The van der Waals surface area contributed by atoms with Gasteiger partial charge in [0.2, 0.25) is 0 Å². The van der Waals surface area contributed by atoms with Gasteiger partial charge in [0.1, 0.15) is 0 Å². The first-order valence-electron chi connectivity index (χ1n) is 8.26. The van der Waals surface area contributed by atoms with Crippen LogP contribution in [-0.2, 0) is 0 Å². The molecule has 0 aromatic heterocycles. The molecular weight excluding hydrogens is 431 g/mol. The zero-order chi connectivity index (χ0) is 19.9. The molecule has 3 aromatic carbocycles. The Labute approximate surface area is 184 Å². The van der Waals surface area contributed by atoms with Crippen molar-refractivity contribution < 1.29 is 0 Å². The molecule has 142 valence electrons. The predicted octanol–water partition coefficient (Wildman–Crippen LogP) is 6.61. The van der Waals surface area contributed by atoms with Gasteiger partial charge in [0, 0.05) is 11.4 Å². The lowest BCUT2D eigenvalue weighted by atomic mass is 10.3. The minimum Gasteiger partial charge on any atom is -0.332 e. The van der Waals surface area contributed by atoms with E-state index in [1.54, 1.807) is 12.1 Å². The van der Waals surface area contributed by atoms with Crippen LogP contribution in [0, 0.1) is 0 Å². The van der Waals surface area contributed by atoms with Crippen LogP contribution in [0.25, 0.3) is 0 Å². The molecule has 0 bridgehead atoms. The van der Waals surface area contributed by atoms with E-state index in [0.717, 1.165) is 22.7 Å². The Hall–Kier alpha value is -2.38. The van der Waals surface area contributed by atoms with Crippen molar-refractivity contribution in [3.8, 4) is 0 Å². The fraction of sp³-hybridized carbons (Fsp3) is 0. The molecule has 0 atom stereocenters. The van der Waals surface area contributed by atoms with Crippen LogP contribution in [0.5, 0.6) is 0 Å². The lowest BCUT2D eigenvalue weighted by Crippen LogP contribution is -2.20. The highest BCUT2D eigenvalue weighted by atomic mass is 35.5. The number of para-hydroxylation sites is 2. The van der Waals surface area contributed by atoms with Crippen LogP contribution < -0.4 is 21.3 Å². The van der Waals surface area contributed by atoms with Gasteiger partial charge in [-0.1, -0.05) is 47.5 Å². The smallest absolute Gasteiger partial charge is 0.175 e. The molecule has 3 rings (SSSR count). The highest BCUT2D eigenvalue weighted by Gasteiger charge is 2.04. The summed E-state index contributed by atoms with van der Waals surface area (Å²) in [5.74, 6) is 0. The first-order chi connectivity index (χ1) is 13.5. The van der Waals surface area contributed by atoms with Crippen molar-refractivity contribution in [1.82, 2.24) is 0 Å². The monoisotopic (exact) mass is 446 g/mol. The third-order valence-electron chi connectivity index (χ3n) is 3.64. The van der Waals surface area contributed by atoms with Crippen LogP contribution in [0.15, 0.2) is 72.8 Å². The molecule has 4 N–H and O–H groups in total. The van der Waals surface area contributed by atoms with Gasteiger partial charge in [-0.3, -0.25) is 0 Å². The van der Waals surface area contributed by atoms with Gasteiger partial charge in [-0.25, -0.2) is 0 Å². The van der Waals surface area contributed by atoms with Gasteiger partial charge in [0.25, 0.3) is 0 Å². The number of hydrogen-bond donors (Lipinski definition) is 4. The molecule has 28 heavy (non-hydrogen) atoms. The fourth-order valence-corrected chi connectivity index (χ4v) is 3.15. The van der Waals surface area contributed by atoms with E-state index < -0.39 is 0 Å². The molecule has 0 aliphatic rings. The Bertz CT molecular complexity index is 913. The number of nitrogens with one attached hydrogen (secondary N) is 4. The van der Waals surface area contributed by atoms with Gasteiger partial charge in [0.05, 0.1) is 21.4 Å². The maximum atomic E-state index is 6.12. The van der Waals surface area contributed by atoms with Crippen molar-refractivity contribution in [2.45, 2.75) is 0 Å². The summed E-state index contributed by atoms with van der Waals surface area (Å²) in [6.45, 7) is 0. The average Bonchev–Trinajstić information content (AvgIpc) is 2.67. The molecule has 4 nitrogen and oxygen atoms in total. The van der Waals surface area contributed by atoms with Crippen LogP contribution in [0.2, 0.25) is 10.0 Å². The molecule has 0 unspecified atom stereocenters. The average molecular weight is 447 g/mol. The van der Waals surface area contributed by atoms with E-state index in [2.05, 4.69) is 21.3 Å².